The summed E-state index contributed by atoms with van der Waals surface area (Å²) >= 11 is 5.18. The Morgan fingerprint density at radius 2 is 1.68 bits per heavy atom. The maximum Gasteiger partial charge on any atom is 0.337 e. The molecule has 31 heavy (non-hydrogen) atoms. The molecule has 1 aromatic heterocycles. The average Bonchev–Trinajstić information content (AvgIpc) is 3.30. The van der Waals surface area contributed by atoms with Gasteiger partial charge in [0.1, 0.15) is 5.76 Å². The smallest absolute Gasteiger partial charge is 0.337 e. The second-order valence-corrected chi connectivity index (χ2v) is 6.73. The van der Waals surface area contributed by atoms with Crippen molar-refractivity contribution in [2.75, 3.05) is 12.4 Å². The Balaban J connectivity index is 1.56. The molecule has 158 valence electrons. The normalized spacial score (nSPS) is 10.1. The van der Waals surface area contributed by atoms with Gasteiger partial charge in [-0.1, -0.05) is 6.07 Å². The fourth-order valence-corrected chi connectivity index (χ4v) is 2.84. The van der Waals surface area contributed by atoms with Crippen molar-refractivity contribution in [3.8, 4) is 0 Å². The molecule has 0 atom stereocenters. The van der Waals surface area contributed by atoms with Gasteiger partial charge in [-0.15, -0.1) is 0 Å². The van der Waals surface area contributed by atoms with E-state index in [0.717, 1.165) is 0 Å². The van der Waals surface area contributed by atoms with Crippen LogP contribution in [0.15, 0.2) is 71.3 Å². The Bertz CT molecular complexity index is 1090. The van der Waals surface area contributed by atoms with E-state index in [0.29, 0.717) is 28.1 Å². The van der Waals surface area contributed by atoms with Crippen LogP contribution in [0.2, 0.25) is 0 Å². The number of furan rings is 1. The van der Waals surface area contributed by atoms with E-state index >= 15 is 0 Å². The van der Waals surface area contributed by atoms with Crippen LogP contribution in [-0.2, 0) is 11.3 Å². The van der Waals surface area contributed by atoms with Gasteiger partial charge in [0, 0.05) is 16.8 Å². The number of hydrogen-bond acceptors (Lipinski definition) is 6. The van der Waals surface area contributed by atoms with Crippen LogP contribution in [0.25, 0.3) is 0 Å². The summed E-state index contributed by atoms with van der Waals surface area (Å²) < 4.78 is 9.81. The third-order valence-electron chi connectivity index (χ3n) is 4.18. The predicted molar refractivity (Wildman–Crippen MR) is 118 cm³/mol. The quantitative estimate of drug-likeness (QED) is 0.401. The fourth-order valence-electron chi connectivity index (χ4n) is 2.63. The molecule has 9 heteroatoms. The molecule has 3 aromatic rings. The Hall–Kier alpha value is -3.98. The number of amides is 2. The minimum absolute atomic E-state index is 0.0650. The number of methoxy groups -OCH3 is 1. The molecule has 0 saturated heterocycles. The van der Waals surface area contributed by atoms with Crippen molar-refractivity contribution >= 4 is 40.8 Å². The monoisotopic (exact) mass is 437 g/mol. The molecular weight excluding hydrogens is 418 g/mol. The molecule has 0 aliphatic heterocycles. The Kier molecular flexibility index (Phi) is 7.13. The Labute approximate surface area is 183 Å². The highest BCUT2D eigenvalue weighted by molar-refractivity contribution is 7.80. The van der Waals surface area contributed by atoms with Gasteiger partial charge in [0.25, 0.3) is 11.8 Å². The standard InChI is InChI=1S/C22H19N3O5S/c1-29-21(28)15-9-7-14(8-10-15)20(27)25-22(31)24-17-5-2-4-16(12-17)19(26)23-13-18-6-3-11-30-18/h2-12H,13H2,1H3,(H,23,26)(H2,24,25,27,31). The van der Waals surface area contributed by atoms with Crippen LogP contribution in [0, 0.1) is 0 Å². The SMILES string of the molecule is COC(=O)c1ccc(C(=O)NC(=S)Nc2cccc(C(=O)NCc3ccco3)c2)cc1. The number of benzene rings is 2. The van der Waals surface area contributed by atoms with Crippen LogP contribution in [0.5, 0.6) is 0 Å². The van der Waals surface area contributed by atoms with Gasteiger partial charge in [-0.05, 0) is 66.8 Å². The lowest BCUT2D eigenvalue weighted by Crippen LogP contribution is -2.34. The first-order chi connectivity index (χ1) is 15.0. The minimum atomic E-state index is -0.489. The van der Waals surface area contributed by atoms with E-state index in [1.807, 2.05) is 0 Å². The topological polar surface area (TPSA) is 110 Å². The maximum atomic E-state index is 12.3. The van der Waals surface area contributed by atoms with Crippen LogP contribution in [-0.4, -0.2) is 30.0 Å². The molecule has 0 saturated carbocycles. The molecule has 3 rings (SSSR count). The number of nitrogens with one attached hydrogen (secondary N) is 3. The zero-order chi connectivity index (χ0) is 22.2. The summed E-state index contributed by atoms with van der Waals surface area (Å²) in [5, 5.41) is 8.25. The van der Waals surface area contributed by atoms with Crippen molar-refractivity contribution in [2.24, 2.45) is 0 Å². The summed E-state index contributed by atoms with van der Waals surface area (Å²) in [6.45, 7) is 0.271. The summed E-state index contributed by atoms with van der Waals surface area (Å²) in [7, 11) is 1.28. The van der Waals surface area contributed by atoms with E-state index in [4.69, 9.17) is 16.6 Å². The lowest BCUT2D eigenvalue weighted by atomic mass is 10.1. The van der Waals surface area contributed by atoms with Gasteiger partial charge in [-0.25, -0.2) is 4.79 Å². The maximum absolute atomic E-state index is 12.3. The van der Waals surface area contributed by atoms with Crippen LogP contribution >= 0.6 is 12.2 Å². The number of esters is 1. The molecule has 2 amide bonds. The van der Waals surface area contributed by atoms with Gasteiger partial charge < -0.3 is 19.8 Å². The summed E-state index contributed by atoms with van der Waals surface area (Å²) in [5.74, 6) is -0.565. The molecule has 0 unspecified atom stereocenters. The molecule has 3 N–H and O–H groups in total. The van der Waals surface area contributed by atoms with Crippen molar-refractivity contribution in [3.05, 3.63) is 89.4 Å². The Morgan fingerprint density at radius 1 is 0.935 bits per heavy atom. The van der Waals surface area contributed by atoms with Gasteiger partial charge >= 0.3 is 5.97 Å². The highest BCUT2D eigenvalue weighted by Gasteiger charge is 2.12. The van der Waals surface area contributed by atoms with Crippen LogP contribution < -0.4 is 16.0 Å². The number of ether oxygens (including phenoxy) is 1. The summed E-state index contributed by atoms with van der Waals surface area (Å²) in [5.41, 5.74) is 1.62. The van der Waals surface area contributed by atoms with E-state index in [2.05, 4.69) is 20.7 Å². The van der Waals surface area contributed by atoms with E-state index in [1.54, 1.807) is 36.4 Å². The summed E-state index contributed by atoms with van der Waals surface area (Å²) in [6, 6.07) is 16.2. The first-order valence-electron chi connectivity index (χ1n) is 9.17. The van der Waals surface area contributed by atoms with E-state index in [-0.39, 0.29) is 17.6 Å². The van der Waals surface area contributed by atoms with E-state index in [1.165, 1.54) is 37.6 Å². The molecule has 0 fully saturated rings. The number of anilines is 1. The van der Waals surface area contributed by atoms with Crippen LogP contribution in [0.4, 0.5) is 5.69 Å². The van der Waals surface area contributed by atoms with Gasteiger partial charge in [-0.3, -0.25) is 14.9 Å². The zero-order valence-electron chi connectivity index (χ0n) is 16.5. The first-order valence-corrected chi connectivity index (χ1v) is 9.58. The largest absolute Gasteiger partial charge is 0.467 e. The van der Waals surface area contributed by atoms with Crippen molar-refractivity contribution in [1.29, 1.82) is 0 Å². The fraction of sp³-hybridized carbons (Fsp3) is 0.0909. The van der Waals surface area contributed by atoms with Crippen molar-refractivity contribution < 1.29 is 23.5 Å². The number of hydrogen-bond donors (Lipinski definition) is 3. The lowest BCUT2D eigenvalue weighted by molar-refractivity contribution is 0.0600. The molecule has 0 spiro atoms. The number of carbonyl (C=O) groups is 3. The molecule has 0 aliphatic carbocycles. The Morgan fingerprint density at radius 3 is 2.35 bits per heavy atom. The van der Waals surface area contributed by atoms with Crippen LogP contribution in [0.1, 0.15) is 36.8 Å². The summed E-state index contributed by atoms with van der Waals surface area (Å²) in [4.78, 5) is 36.1. The van der Waals surface area contributed by atoms with Gasteiger partial charge in [-0.2, -0.15) is 0 Å². The third kappa shape index (κ3) is 6.00. The molecule has 2 aromatic carbocycles. The molecular formula is C22H19N3O5S. The number of rotatable bonds is 6. The molecule has 0 aliphatic rings. The van der Waals surface area contributed by atoms with Crippen molar-refractivity contribution in [3.63, 3.8) is 0 Å². The average molecular weight is 437 g/mol. The highest BCUT2D eigenvalue weighted by Crippen LogP contribution is 2.12. The van der Waals surface area contributed by atoms with Gasteiger partial charge in [0.05, 0.1) is 25.5 Å². The number of thiocarbonyl (C=S) groups is 1. The minimum Gasteiger partial charge on any atom is -0.467 e. The van der Waals surface area contributed by atoms with Gasteiger partial charge in [0.2, 0.25) is 0 Å². The van der Waals surface area contributed by atoms with Crippen molar-refractivity contribution in [1.82, 2.24) is 10.6 Å². The summed E-state index contributed by atoms with van der Waals surface area (Å²) in [6.07, 6.45) is 1.54. The molecule has 1 heterocycles. The third-order valence-corrected chi connectivity index (χ3v) is 4.39. The van der Waals surface area contributed by atoms with E-state index in [9.17, 15) is 14.4 Å². The lowest BCUT2D eigenvalue weighted by Gasteiger charge is -2.11. The molecule has 0 radical (unpaired) electrons. The molecule has 0 bridgehead atoms. The number of carbonyl (C=O) groups excluding carboxylic acids is 3. The highest BCUT2D eigenvalue weighted by atomic mass is 32.1. The molecule has 8 nitrogen and oxygen atoms in total. The second kappa shape index (κ2) is 10.2. The van der Waals surface area contributed by atoms with Gasteiger partial charge in [0.15, 0.2) is 5.11 Å². The second-order valence-electron chi connectivity index (χ2n) is 6.32. The van der Waals surface area contributed by atoms with Crippen LogP contribution in [0.3, 0.4) is 0 Å². The predicted octanol–water partition coefficient (Wildman–Crippen LogP) is 3.12. The van der Waals surface area contributed by atoms with Crippen molar-refractivity contribution in [2.45, 2.75) is 6.54 Å². The van der Waals surface area contributed by atoms with E-state index < -0.39 is 11.9 Å². The first kappa shape index (κ1) is 21.7. The zero-order valence-corrected chi connectivity index (χ0v) is 17.3.